The highest BCUT2D eigenvalue weighted by Gasteiger charge is 2.22. The molecule has 1 aliphatic rings. The molecule has 3 rings (SSSR count). The van der Waals surface area contributed by atoms with Gasteiger partial charge in [-0.15, -0.1) is 0 Å². The van der Waals surface area contributed by atoms with Crippen molar-refractivity contribution >= 4 is 28.4 Å². The maximum absolute atomic E-state index is 11.5. The van der Waals surface area contributed by atoms with Crippen LogP contribution in [0.4, 0.5) is 0 Å². The average molecular weight is 304 g/mol. The first-order chi connectivity index (χ1) is 10.1. The zero-order valence-electron chi connectivity index (χ0n) is 12.0. The van der Waals surface area contributed by atoms with E-state index in [1.807, 2.05) is 31.3 Å². The van der Waals surface area contributed by atoms with E-state index in [0.29, 0.717) is 19.0 Å². The van der Waals surface area contributed by atoms with Crippen LogP contribution in [0, 0.1) is 0 Å². The van der Waals surface area contributed by atoms with Gasteiger partial charge in [0.25, 0.3) is 0 Å². The van der Waals surface area contributed by atoms with Gasteiger partial charge in [-0.1, -0.05) is 17.7 Å². The Hall–Kier alpha value is -1.65. The number of nitrogens with one attached hydrogen (secondary N) is 1. The molecule has 21 heavy (non-hydrogen) atoms. The van der Waals surface area contributed by atoms with Crippen LogP contribution in [0.2, 0.25) is 5.02 Å². The quantitative estimate of drug-likeness (QED) is 0.948. The number of benzene rings is 1. The number of amides is 1. The van der Waals surface area contributed by atoms with Crippen molar-refractivity contribution in [1.82, 2.24) is 15.2 Å². The van der Waals surface area contributed by atoms with Crippen LogP contribution >= 0.6 is 11.6 Å². The number of likely N-dealkylation sites (N-methyl/N-ethyl adjacent to an activating group) is 1. The predicted octanol–water partition coefficient (Wildman–Crippen LogP) is 2.60. The predicted molar refractivity (Wildman–Crippen MR) is 84.3 cm³/mol. The third-order valence-electron chi connectivity index (χ3n) is 3.96. The number of nitrogens with zero attached hydrogens (tertiary/aromatic N) is 2. The van der Waals surface area contributed by atoms with Crippen molar-refractivity contribution < 1.29 is 4.79 Å². The molecule has 2 heterocycles. The lowest BCUT2D eigenvalue weighted by atomic mass is 10.0. The van der Waals surface area contributed by atoms with E-state index in [-0.39, 0.29) is 5.91 Å². The molecule has 110 valence electrons. The fourth-order valence-corrected chi connectivity index (χ4v) is 3.04. The molecule has 0 aliphatic carbocycles. The van der Waals surface area contributed by atoms with E-state index >= 15 is 0 Å². The molecule has 1 aliphatic heterocycles. The smallest absolute Gasteiger partial charge is 0.222 e. The largest absolute Gasteiger partial charge is 0.344 e. The first kappa shape index (κ1) is 14.3. The number of carbonyl (C=O) groups is 1. The summed E-state index contributed by atoms with van der Waals surface area (Å²) in [4.78, 5) is 17.7. The first-order valence-electron chi connectivity index (χ1n) is 7.14. The second kappa shape index (κ2) is 6.00. The van der Waals surface area contributed by atoms with Gasteiger partial charge in [-0.05, 0) is 30.2 Å². The number of piperidine rings is 1. The molecule has 2 aromatic rings. The lowest BCUT2D eigenvalue weighted by molar-refractivity contribution is -0.132. The molecule has 0 bridgehead atoms. The fraction of sp³-hybridized carbons (Fsp3) is 0.375. The summed E-state index contributed by atoms with van der Waals surface area (Å²) in [5.74, 6) is 0.225. The number of hydrogen-bond acceptors (Lipinski definition) is 3. The van der Waals surface area contributed by atoms with Crippen LogP contribution in [0.3, 0.4) is 0 Å². The van der Waals surface area contributed by atoms with Crippen LogP contribution in [0.25, 0.3) is 10.9 Å². The van der Waals surface area contributed by atoms with Crippen LogP contribution in [0.15, 0.2) is 30.5 Å². The van der Waals surface area contributed by atoms with Gasteiger partial charge in [-0.2, -0.15) is 0 Å². The molecule has 0 radical (unpaired) electrons. The number of fused-ring (bicyclic) bond motifs is 1. The maximum Gasteiger partial charge on any atom is 0.222 e. The summed E-state index contributed by atoms with van der Waals surface area (Å²) in [5, 5.41) is 5.29. The minimum absolute atomic E-state index is 0.225. The van der Waals surface area contributed by atoms with Crippen molar-refractivity contribution in [3.63, 3.8) is 0 Å². The third kappa shape index (κ3) is 3.17. The van der Waals surface area contributed by atoms with Gasteiger partial charge in [0.2, 0.25) is 5.91 Å². The van der Waals surface area contributed by atoms with Crippen molar-refractivity contribution in [3.05, 3.63) is 41.0 Å². The Morgan fingerprint density at radius 2 is 2.33 bits per heavy atom. The summed E-state index contributed by atoms with van der Waals surface area (Å²) in [6, 6.07) is 8.15. The molecule has 1 fully saturated rings. The molecular formula is C16H18ClN3O. The fourth-order valence-electron chi connectivity index (χ4n) is 2.80. The molecule has 0 spiro atoms. The van der Waals surface area contributed by atoms with Crippen LogP contribution in [0.5, 0.6) is 0 Å². The van der Waals surface area contributed by atoms with Crippen LogP contribution in [0.1, 0.15) is 18.4 Å². The number of hydrogen-bond donors (Lipinski definition) is 1. The molecule has 1 saturated heterocycles. The summed E-state index contributed by atoms with van der Waals surface area (Å²) in [6.07, 6.45) is 3.30. The lowest BCUT2D eigenvalue weighted by Gasteiger charge is -2.30. The SMILES string of the molecule is CN1CC(NCc2cc(Cl)cc3cccnc23)CCC1=O. The molecule has 1 aromatic carbocycles. The standard InChI is InChI=1S/C16H18ClN3O/c1-20-10-14(4-5-15(20)21)19-9-12-8-13(17)7-11-3-2-6-18-16(11)12/h2-3,6-8,14,19H,4-5,9-10H2,1H3. The average Bonchev–Trinajstić information content (AvgIpc) is 2.48. The van der Waals surface area contributed by atoms with E-state index in [4.69, 9.17) is 11.6 Å². The normalized spacial score (nSPS) is 19.2. The van der Waals surface area contributed by atoms with Crippen LogP contribution in [-0.2, 0) is 11.3 Å². The van der Waals surface area contributed by atoms with Gasteiger partial charge in [-0.25, -0.2) is 0 Å². The molecule has 1 aromatic heterocycles. The molecule has 1 unspecified atom stereocenters. The summed E-state index contributed by atoms with van der Waals surface area (Å²) < 4.78 is 0. The molecule has 1 atom stereocenters. The van der Waals surface area contributed by atoms with Crippen LogP contribution in [-0.4, -0.2) is 35.4 Å². The van der Waals surface area contributed by atoms with Gasteiger partial charge in [0.15, 0.2) is 0 Å². The second-order valence-electron chi connectivity index (χ2n) is 5.53. The second-order valence-corrected chi connectivity index (χ2v) is 5.97. The van der Waals surface area contributed by atoms with Crippen LogP contribution < -0.4 is 5.32 Å². The summed E-state index contributed by atoms with van der Waals surface area (Å²) in [5.41, 5.74) is 2.08. The van der Waals surface area contributed by atoms with Crippen molar-refractivity contribution in [2.45, 2.75) is 25.4 Å². The van der Waals surface area contributed by atoms with E-state index in [0.717, 1.165) is 34.5 Å². The van der Waals surface area contributed by atoms with Crippen molar-refractivity contribution in [2.75, 3.05) is 13.6 Å². The van der Waals surface area contributed by atoms with Crippen molar-refractivity contribution in [3.8, 4) is 0 Å². The van der Waals surface area contributed by atoms with E-state index in [2.05, 4.69) is 10.3 Å². The number of carbonyl (C=O) groups excluding carboxylic acids is 1. The zero-order valence-corrected chi connectivity index (χ0v) is 12.7. The number of halogens is 1. The molecule has 4 nitrogen and oxygen atoms in total. The summed E-state index contributed by atoms with van der Waals surface area (Å²) in [6.45, 7) is 1.46. The van der Waals surface area contributed by atoms with E-state index in [1.54, 1.807) is 11.1 Å². The molecule has 0 saturated carbocycles. The molecule has 1 amide bonds. The molecule has 5 heteroatoms. The Morgan fingerprint density at radius 3 is 3.14 bits per heavy atom. The highest BCUT2D eigenvalue weighted by molar-refractivity contribution is 6.31. The number of aromatic nitrogens is 1. The van der Waals surface area contributed by atoms with Gasteiger partial charge < -0.3 is 10.2 Å². The lowest BCUT2D eigenvalue weighted by Crippen LogP contribution is -2.46. The van der Waals surface area contributed by atoms with E-state index in [1.165, 1.54) is 0 Å². The summed E-state index contributed by atoms with van der Waals surface area (Å²) in [7, 11) is 1.85. The highest BCUT2D eigenvalue weighted by Crippen LogP contribution is 2.22. The summed E-state index contributed by atoms with van der Waals surface area (Å²) >= 11 is 6.18. The Morgan fingerprint density at radius 1 is 1.48 bits per heavy atom. The van der Waals surface area contributed by atoms with Gasteiger partial charge in [-0.3, -0.25) is 9.78 Å². The minimum Gasteiger partial charge on any atom is -0.344 e. The molecular weight excluding hydrogens is 286 g/mol. The number of likely N-dealkylation sites (tertiary alicyclic amines) is 1. The Bertz CT molecular complexity index is 674. The van der Waals surface area contributed by atoms with Crippen molar-refractivity contribution in [2.24, 2.45) is 0 Å². The molecule has 1 N–H and O–H groups in total. The van der Waals surface area contributed by atoms with Crippen molar-refractivity contribution in [1.29, 1.82) is 0 Å². The minimum atomic E-state index is 0.225. The topological polar surface area (TPSA) is 45.2 Å². The monoisotopic (exact) mass is 303 g/mol. The number of rotatable bonds is 3. The van der Waals surface area contributed by atoms with E-state index in [9.17, 15) is 4.79 Å². The first-order valence-corrected chi connectivity index (χ1v) is 7.52. The van der Waals surface area contributed by atoms with Gasteiger partial charge in [0, 0.05) is 49.2 Å². The number of pyridine rings is 1. The zero-order chi connectivity index (χ0) is 14.8. The Kier molecular flexibility index (Phi) is 4.08. The Labute approximate surface area is 129 Å². The maximum atomic E-state index is 11.5. The third-order valence-corrected chi connectivity index (χ3v) is 4.17. The van der Waals surface area contributed by atoms with Gasteiger partial charge >= 0.3 is 0 Å². The van der Waals surface area contributed by atoms with E-state index < -0.39 is 0 Å². The van der Waals surface area contributed by atoms with Gasteiger partial charge in [0.1, 0.15) is 0 Å². The highest BCUT2D eigenvalue weighted by atomic mass is 35.5. The van der Waals surface area contributed by atoms with Gasteiger partial charge in [0.05, 0.1) is 5.52 Å². The Balaban J connectivity index is 1.75.